The van der Waals surface area contributed by atoms with Gasteiger partial charge in [-0.15, -0.1) is 0 Å². The maximum absolute atomic E-state index is 6.49. The smallest absolute Gasteiger partial charge is 0.0356 e. The molecule has 1 aromatic rings. The van der Waals surface area contributed by atoms with Crippen LogP contribution in [0.4, 0.5) is 5.69 Å². The van der Waals surface area contributed by atoms with Crippen molar-refractivity contribution in [2.45, 2.75) is 71.6 Å². The molecule has 0 bridgehead atoms. The fraction of sp³-hybridized carbons (Fsp3) is 0.484. The number of nitrogen functional groups attached to an aromatic ring is 1. The lowest BCUT2D eigenvalue weighted by Crippen LogP contribution is -2.21. The van der Waals surface area contributed by atoms with Crippen molar-refractivity contribution in [2.75, 3.05) is 26.4 Å². The number of rotatable bonds is 11. The second kappa shape index (κ2) is 11.6. The van der Waals surface area contributed by atoms with Crippen LogP contribution in [0, 0.1) is 5.92 Å². The van der Waals surface area contributed by atoms with Crippen molar-refractivity contribution >= 4 is 5.69 Å². The Balaban J connectivity index is 1.94. The van der Waals surface area contributed by atoms with Crippen molar-refractivity contribution < 1.29 is 0 Å². The SMILES string of the molecule is C=C/C=C(\C1=C(N(C)CC)CCCC(N(C)C(=C)C(C)c2ccc(CCC)cc2N)=C1)C1CC1. The molecule has 1 atom stereocenters. The van der Waals surface area contributed by atoms with Gasteiger partial charge in [-0.1, -0.05) is 57.7 Å². The number of hydrogen-bond donors (Lipinski definition) is 1. The van der Waals surface area contributed by atoms with Gasteiger partial charge < -0.3 is 15.5 Å². The third-order valence-electron chi connectivity index (χ3n) is 7.55. The molecule has 1 aromatic carbocycles. The first-order valence-electron chi connectivity index (χ1n) is 13.1. The highest BCUT2D eigenvalue weighted by atomic mass is 15.1. The molecule has 0 radical (unpaired) electrons. The third kappa shape index (κ3) is 5.87. The molecule has 0 amide bonds. The molecule has 3 heteroatoms. The summed E-state index contributed by atoms with van der Waals surface area (Å²) >= 11 is 0. The van der Waals surface area contributed by atoms with E-state index >= 15 is 0 Å². The van der Waals surface area contributed by atoms with E-state index in [4.69, 9.17) is 5.73 Å². The van der Waals surface area contributed by atoms with Gasteiger partial charge in [-0.3, -0.25) is 0 Å². The van der Waals surface area contributed by atoms with Crippen LogP contribution in [0.5, 0.6) is 0 Å². The highest BCUT2D eigenvalue weighted by Gasteiger charge is 2.30. The van der Waals surface area contributed by atoms with E-state index in [1.807, 2.05) is 6.08 Å². The first-order valence-corrected chi connectivity index (χ1v) is 13.1. The Bertz CT molecular complexity index is 990. The third-order valence-corrected chi connectivity index (χ3v) is 7.55. The lowest BCUT2D eigenvalue weighted by Gasteiger charge is -2.30. The highest BCUT2D eigenvalue weighted by molar-refractivity contribution is 5.53. The molecule has 184 valence electrons. The predicted molar refractivity (Wildman–Crippen MR) is 148 cm³/mol. The molecule has 0 saturated heterocycles. The maximum atomic E-state index is 6.49. The number of anilines is 1. The summed E-state index contributed by atoms with van der Waals surface area (Å²) in [4.78, 5) is 4.74. The molecular formula is C31H45N3. The van der Waals surface area contributed by atoms with Crippen molar-refractivity contribution in [3.8, 4) is 0 Å². The Labute approximate surface area is 208 Å². The first-order chi connectivity index (χ1) is 16.3. The van der Waals surface area contributed by atoms with E-state index < -0.39 is 0 Å². The van der Waals surface area contributed by atoms with Gasteiger partial charge in [0.1, 0.15) is 0 Å². The Morgan fingerprint density at radius 1 is 1.21 bits per heavy atom. The summed E-state index contributed by atoms with van der Waals surface area (Å²) in [6.45, 7) is 16.2. The molecular weight excluding hydrogens is 414 g/mol. The molecule has 0 aliphatic heterocycles. The second-order valence-corrected chi connectivity index (χ2v) is 9.98. The van der Waals surface area contributed by atoms with Crippen LogP contribution in [0.3, 0.4) is 0 Å². The van der Waals surface area contributed by atoms with Gasteiger partial charge in [0.2, 0.25) is 0 Å². The number of benzene rings is 1. The van der Waals surface area contributed by atoms with Gasteiger partial charge in [0.05, 0.1) is 0 Å². The molecule has 1 saturated carbocycles. The topological polar surface area (TPSA) is 32.5 Å². The number of allylic oxidation sites excluding steroid dienone is 8. The minimum Gasteiger partial charge on any atom is -0.398 e. The number of nitrogens with two attached hydrogens (primary N) is 1. The van der Waals surface area contributed by atoms with E-state index in [0.29, 0.717) is 5.92 Å². The highest BCUT2D eigenvalue weighted by Crippen LogP contribution is 2.44. The van der Waals surface area contributed by atoms with Crippen molar-refractivity contribution in [3.63, 3.8) is 0 Å². The summed E-state index contributed by atoms with van der Waals surface area (Å²) < 4.78 is 0. The fourth-order valence-electron chi connectivity index (χ4n) is 5.08. The summed E-state index contributed by atoms with van der Waals surface area (Å²) in [5, 5.41) is 0. The van der Waals surface area contributed by atoms with E-state index in [1.165, 1.54) is 46.5 Å². The zero-order valence-corrected chi connectivity index (χ0v) is 22.2. The van der Waals surface area contributed by atoms with Crippen LogP contribution in [0.15, 0.2) is 77.8 Å². The van der Waals surface area contributed by atoms with Gasteiger partial charge in [0.15, 0.2) is 0 Å². The molecule has 3 rings (SSSR count). The Hall–Kier alpha value is -2.68. The summed E-state index contributed by atoms with van der Waals surface area (Å²) in [7, 11) is 4.40. The Kier molecular flexibility index (Phi) is 8.88. The minimum atomic E-state index is 0.154. The van der Waals surface area contributed by atoms with Gasteiger partial charge >= 0.3 is 0 Å². The van der Waals surface area contributed by atoms with Crippen LogP contribution >= 0.6 is 0 Å². The largest absolute Gasteiger partial charge is 0.398 e. The van der Waals surface area contributed by atoms with Crippen molar-refractivity contribution in [2.24, 2.45) is 5.92 Å². The standard InChI is InChI=1S/C31H45N3/c1-8-12-24-16-19-27(30(32)20-24)22(4)23(5)34(7)26-14-11-15-31(33(6)10-3)29(21-26)28(13-9-2)25-17-18-25/h9,13,16,19-22,25H,2,5,8,10-12,14-15,17-18,32H2,1,3-4,6-7H3/b28-13-. The van der Waals surface area contributed by atoms with Crippen molar-refractivity contribution in [1.82, 2.24) is 9.80 Å². The quantitative estimate of drug-likeness (QED) is 0.274. The summed E-state index contributed by atoms with van der Waals surface area (Å²) in [5.41, 5.74) is 16.6. The van der Waals surface area contributed by atoms with Crippen LogP contribution in [0.25, 0.3) is 0 Å². The number of likely N-dealkylation sites (N-methyl/N-ethyl adjacent to an activating group) is 1. The number of hydrogen-bond acceptors (Lipinski definition) is 3. The van der Waals surface area contributed by atoms with Crippen molar-refractivity contribution in [3.05, 3.63) is 88.9 Å². The van der Waals surface area contributed by atoms with Gasteiger partial charge in [-0.25, -0.2) is 0 Å². The van der Waals surface area contributed by atoms with Gasteiger partial charge in [0.25, 0.3) is 0 Å². The molecule has 3 nitrogen and oxygen atoms in total. The second-order valence-electron chi connectivity index (χ2n) is 9.98. The zero-order valence-electron chi connectivity index (χ0n) is 22.2. The molecule has 1 fully saturated rings. The van der Waals surface area contributed by atoms with Crippen molar-refractivity contribution in [1.29, 1.82) is 0 Å². The van der Waals surface area contributed by atoms with E-state index in [2.05, 4.69) is 88.2 Å². The van der Waals surface area contributed by atoms with E-state index in [9.17, 15) is 0 Å². The Morgan fingerprint density at radius 3 is 2.53 bits per heavy atom. The van der Waals surface area contributed by atoms with E-state index in [0.717, 1.165) is 50.0 Å². The number of nitrogens with zero attached hydrogens (tertiary/aromatic N) is 2. The molecule has 34 heavy (non-hydrogen) atoms. The van der Waals surface area contributed by atoms with Crippen LogP contribution in [-0.2, 0) is 6.42 Å². The maximum Gasteiger partial charge on any atom is 0.0356 e. The van der Waals surface area contributed by atoms with Crippen LogP contribution in [-0.4, -0.2) is 30.4 Å². The van der Waals surface area contributed by atoms with Gasteiger partial charge in [-0.05, 0) is 85.8 Å². The molecule has 1 unspecified atom stereocenters. The van der Waals surface area contributed by atoms with E-state index in [-0.39, 0.29) is 5.92 Å². The average molecular weight is 460 g/mol. The molecule has 0 aromatic heterocycles. The summed E-state index contributed by atoms with van der Waals surface area (Å²) in [6, 6.07) is 6.56. The molecule has 2 aliphatic rings. The van der Waals surface area contributed by atoms with Crippen LogP contribution < -0.4 is 5.73 Å². The van der Waals surface area contributed by atoms with Gasteiger partial charge in [-0.2, -0.15) is 0 Å². The molecule has 2 N–H and O–H groups in total. The van der Waals surface area contributed by atoms with Gasteiger partial charge in [0, 0.05) is 49.3 Å². The zero-order chi connectivity index (χ0) is 24.8. The predicted octanol–water partition coefficient (Wildman–Crippen LogP) is 7.57. The molecule has 2 aliphatic carbocycles. The Morgan fingerprint density at radius 2 is 1.94 bits per heavy atom. The monoisotopic (exact) mass is 459 g/mol. The normalized spacial score (nSPS) is 17.7. The lowest BCUT2D eigenvalue weighted by molar-refractivity contribution is 0.413. The molecule has 0 spiro atoms. The van der Waals surface area contributed by atoms with E-state index in [1.54, 1.807) is 0 Å². The lowest BCUT2D eigenvalue weighted by atomic mass is 9.93. The fourth-order valence-corrected chi connectivity index (χ4v) is 5.08. The minimum absolute atomic E-state index is 0.154. The van der Waals surface area contributed by atoms with Crippen LogP contribution in [0.1, 0.15) is 76.3 Å². The first kappa shape index (κ1) is 25.9. The number of aryl methyl sites for hydroxylation is 1. The molecule has 0 heterocycles. The average Bonchev–Trinajstić information content (AvgIpc) is 3.68. The van der Waals surface area contributed by atoms with Crippen LogP contribution in [0.2, 0.25) is 0 Å². The summed E-state index contributed by atoms with van der Waals surface area (Å²) in [5.74, 6) is 0.819. The summed E-state index contributed by atoms with van der Waals surface area (Å²) in [6.07, 6.45) is 14.7.